The number of pyridine rings is 1. The van der Waals surface area contributed by atoms with Crippen molar-refractivity contribution in [2.75, 3.05) is 32.9 Å². The van der Waals surface area contributed by atoms with Gasteiger partial charge in [0.25, 0.3) is 5.91 Å². The lowest BCUT2D eigenvalue weighted by molar-refractivity contribution is -0.192. The molecule has 0 spiro atoms. The molecule has 4 rings (SSSR count). The van der Waals surface area contributed by atoms with Crippen LogP contribution >= 0.6 is 0 Å². The number of amides is 1. The van der Waals surface area contributed by atoms with Crippen LogP contribution in [-0.2, 0) is 9.53 Å². The number of rotatable bonds is 4. The molecule has 2 aliphatic heterocycles. The molecular formula is C22H23F3N2O5. The van der Waals surface area contributed by atoms with Crippen molar-refractivity contribution in [3.8, 4) is 5.75 Å². The van der Waals surface area contributed by atoms with Gasteiger partial charge in [-0.25, -0.2) is 4.79 Å². The summed E-state index contributed by atoms with van der Waals surface area (Å²) in [4.78, 5) is 27.8. The number of aryl methyl sites for hydroxylation is 1. The van der Waals surface area contributed by atoms with Crippen LogP contribution in [0.4, 0.5) is 13.2 Å². The Morgan fingerprint density at radius 3 is 2.69 bits per heavy atom. The summed E-state index contributed by atoms with van der Waals surface area (Å²) >= 11 is 0. The monoisotopic (exact) mass is 452 g/mol. The molecule has 7 nitrogen and oxygen atoms in total. The Bertz CT molecular complexity index is 954. The zero-order valence-electron chi connectivity index (χ0n) is 17.3. The van der Waals surface area contributed by atoms with E-state index >= 15 is 0 Å². The number of alkyl halides is 3. The van der Waals surface area contributed by atoms with Gasteiger partial charge >= 0.3 is 12.1 Å². The number of carboxylic acids is 1. The number of ether oxygens (including phenoxy) is 2. The molecule has 0 radical (unpaired) electrons. The van der Waals surface area contributed by atoms with Crippen molar-refractivity contribution in [3.63, 3.8) is 0 Å². The van der Waals surface area contributed by atoms with Gasteiger partial charge in [-0.2, -0.15) is 13.2 Å². The van der Waals surface area contributed by atoms with Gasteiger partial charge in [-0.05, 0) is 31.2 Å². The second kappa shape index (κ2) is 9.56. The predicted molar refractivity (Wildman–Crippen MR) is 107 cm³/mol. The molecule has 1 amide bonds. The fourth-order valence-electron chi connectivity index (χ4n) is 3.81. The van der Waals surface area contributed by atoms with E-state index in [0.29, 0.717) is 32.3 Å². The summed E-state index contributed by atoms with van der Waals surface area (Å²) in [5.74, 6) is -1.59. The molecule has 2 atom stereocenters. The van der Waals surface area contributed by atoms with Gasteiger partial charge in [0.15, 0.2) is 0 Å². The molecule has 32 heavy (non-hydrogen) atoms. The van der Waals surface area contributed by atoms with Gasteiger partial charge in [-0.15, -0.1) is 0 Å². The average molecular weight is 452 g/mol. The van der Waals surface area contributed by atoms with Crippen molar-refractivity contribution >= 4 is 11.9 Å². The Hall–Kier alpha value is -3.14. The predicted octanol–water partition coefficient (Wildman–Crippen LogP) is 3.19. The molecule has 3 heterocycles. The number of carbonyl (C=O) groups excluding carboxylic acids is 1. The minimum Gasteiger partial charge on any atom is -0.491 e. The fraction of sp³-hybridized carbons (Fsp3) is 0.409. The lowest BCUT2D eigenvalue weighted by atomic mass is 9.82. The third-order valence-electron chi connectivity index (χ3n) is 5.48. The highest BCUT2D eigenvalue weighted by Crippen LogP contribution is 2.42. The van der Waals surface area contributed by atoms with Crippen molar-refractivity contribution < 1.29 is 37.3 Å². The first-order valence-corrected chi connectivity index (χ1v) is 9.87. The number of likely N-dealkylation sites (tertiary alicyclic amines) is 1. The van der Waals surface area contributed by atoms with Crippen LogP contribution in [0.2, 0.25) is 0 Å². The molecule has 2 fully saturated rings. The van der Waals surface area contributed by atoms with Crippen LogP contribution < -0.4 is 4.74 Å². The smallest absolute Gasteiger partial charge is 0.490 e. The zero-order valence-corrected chi connectivity index (χ0v) is 17.3. The van der Waals surface area contributed by atoms with Crippen LogP contribution in [0.25, 0.3) is 0 Å². The van der Waals surface area contributed by atoms with Gasteiger partial charge in [0.2, 0.25) is 0 Å². The Morgan fingerprint density at radius 1 is 1.31 bits per heavy atom. The van der Waals surface area contributed by atoms with Gasteiger partial charge in [0.05, 0.1) is 31.4 Å². The molecule has 172 valence electrons. The Labute approximate surface area is 182 Å². The lowest BCUT2D eigenvalue weighted by Crippen LogP contribution is -2.38. The first-order chi connectivity index (χ1) is 15.1. The summed E-state index contributed by atoms with van der Waals surface area (Å²) in [6.07, 6.45) is -1.64. The van der Waals surface area contributed by atoms with E-state index < -0.39 is 12.1 Å². The third-order valence-corrected chi connectivity index (χ3v) is 5.48. The number of hydrogen-bond acceptors (Lipinski definition) is 5. The van der Waals surface area contributed by atoms with E-state index in [9.17, 15) is 18.0 Å². The summed E-state index contributed by atoms with van der Waals surface area (Å²) in [6.45, 7) is 5.27. The number of fused-ring (bicyclic) bond motifs is 1. The molecule has 1 aromatic carbocycles. The SMILES string of the molecule is Cc1cccc(C(=O)N2C[C@@H]3COC[C@]3(COc3cccnc3)C2)c1.O=C(O)C(F)(F)F. The minimum atomic E-state index is -5.08. The molecule has 2 aromatic rings. The summed E-state index contributed by atoms with van der Waals surface area (Å²) in [6, 6.07) is 11.5. The number of benzene rings is 1. The Morgan fingerprint density at radius 2 is 2.06 bits per heavy atom. The van der Waals surface area contributed by atoms with Gasteiger partial charge < -0.3 is 19.5 Å². The highest BCUT2D eigenvalue weighted by Gasteiger charge is 2.52. The zero-order chi connectivity index (χ0) is 23.4. The second-order valence-electron chi connectivity index (χ2n) is 7.91. The van der Waals surface area contributed by atoms with Crippen LogP contribution in [-0.4, -0.2) is 66.0 Å². The van der Waals surface area contributed by atoms with Crippen LogP contribution in [0.5, 0.6) is 5.75 Å². The molecule has 0 unspecified atom stereocenters. The summed E-state index contributed by atoms with van der Waals surface area (Å²) < 4.78 is 43.4. The Kier molecular flexibility index (Phi) is 7.02. The number of halogens is 3. The van der Waals surface area contributed by atoms with Gasteiger partial charge in [0, 0.05) is 30.8 Å². The third kappa shape index (κ3) is 5.56. The molecule has 1 aromatic heterocycles. The molecular weight excluding hydrogens is 429 g/mol. The quantitative estimate of drug-likeness (QED) is 0.767. The minimum absolute atomic E-state index is 0.0962. The van der Waals surface area contributed by atoms with E-state index in [1.54, 1.807) is 12.4 Å². The normalized spacial score (nSPS) is 22.0. The standard InChI is InChI=1S/C20H22N2O3.C2HF3O2/c1-15-4-2-5-16(8-15)19(23)22-10-17-11-24-13-20(17,12-22)14-25-18-6-3-7-21-9-18;3-2(4,5)1(6)7/h2-9,17H,10-14H2,1H3;(H,6,7)/t17-,20+;/m1./s1. The van der Waals surface area contributed by atoms with E-state index in [4.69, 9.17) is 19.4 Å². The van der Waals surface area contributed by atoms with E-state index in [1.165, 1.54) is 0 Å². The number of carboxylic acid groups (broad SMARTS) is 1. The summed E-state index contributed by atoms with van der Waals surface area (Å²) in [7, 11) is 0. The largest absolute Gasteiger partial charge is 0.491 e. The number of aliphatic carboxylic acids is 1. The van der Waals surface area contributed by atoms with E-state index in [-0.39, 0.29) is 11.3 Å². The van der Waals surface area contributed by atoms with Crippen molar-refractivity contribution in [2.45, 2.75) is 13.1 Å². The van der Waals surface area contributed by atoms with Crippen molar-refractivity contribution in [2.24, 2.45) is 11.3 Å². The summed E-state index contributed by atoms with van der Waals surface area (Å²) in [5.41, 5.74) is 1.72. The first-order valence-electron chi connectivity index (χ1n) is 9.87. The Balaban J connectivity index is 0.000000360. The van der Waals surface area contributed by atoms with Crippen LogP contribution in [0.1, 0.15) is 15.9 Å². The van der Waals surface area contributed by atoms with Crippen LogP contribution in [0.3, 0.4) is 0 Å². The molecule has 2 aliphatic rings. The van der Waals surface area contributed by atoms with Crippen LogP contribution in [0, 0.1) is 18.3 Å². The fourth-order valence-corrected chi connectivity index (χ4v) is 3.81. The molecule has 0 saturated carbocycles. The van der Waals surface area contributed by atoms with E-state index in [2.05, 4.69) is 4.98 Å². The van der Waals surface area contributed by atoms with Gasteiger partial charge in [-0.1, -0.05) is 17.7 Å². The lowest BCUT2D eigenvalue weighted by Gasteiger charge is -2.27. The van der Waals surface area contributed by atoms with Crippen molar-refractivity contribution in [3.05, 3.63) is 59.9 Å². The van der Waals surface area contributed by atoms with Crippen molar-refractivity contribution in [1.82, 2.24) is 9.88 Å². The molecule has 2 saturated heterocycles. The maximum Gasteiger partial charge on any atom is 0.490 e. The maximum atomic E-state index is 12.9. The van der Waals surface area contributed by atoms with Gasteiger partial charge in [0.1, 0.15) is 5.75 Å². The number of nitrogens with zero attached hydrogens (tertiary/aromatic N) is 2. The van der Waals surface area contributed by atoms with E-state index in [1.807, 2.05) is 48.2 Å². The number of aromatic nitrogens is 1. The topological polar surface area (TPSA) is 89.0 Å². The summed E-state index contributed by atoms with van der Waals surface area (Å²) in [5, 5.41) is 7.12. The van der Waals surface area contributed by atoms with Crippen molar-refractivity contribution in [1.29, 1.82) is 0 Å². The number of carbonyl (C=O) groups is 2. The molecule has 10 heteroatoms. The molecule has 0 bridgehead atoms. The number of hydrogen-bond donors (Lipinski definition) is 1. The maximum absolute atomic E-state index is 12.9. The first kappa shape index (κ1) is 23.5. The molecule has 1 N–H and O–H groups in total. The molecule has 0 aliphatic carbocycles. The van der Waals surface area contributed by atoms with Gasteiger partial charge in [-0.3, -0.25) is 9.78 Å². The highest BCUT2D eigenvalue weighted by atomic mass is 19.4. The highest BCUT2D eigenvalue weighted by molar-refractivity contribution is 5.94. The van der Waals surface area contributed by atoms with E-state index in [0.717, 1.165) is 23.4 Å². The van der Waals surface area contributed by atoms with Crippen LogP contribution in [0.15, 0.2) is 48.8 Å². The average Bonchev–Trinajstić information content (AvgIpc) is 3.30. The second-order valence-corrected chi connectivity index (χ2v) is 7.91.